The Morgan fingerprint density at radius 1 is 1.33 bits per heavy atom. The van der Waals surface area contributed by atoms with Crippen LogP contribution in [0.1, 0.15) is 24.3 Å². The predicted octanol–water partition coefficient (Wildman–Crippen LogP) is 3.58. The minimum atomic E-state index is 0.323. The minimum absolute atomic E-state index is 0.323. The van der Waals surface area contributed by atoms with Crippen molar-refractivity contribution in [2.75, 3.05) is 20.0 Å². The average Bonchev–Trinajstić information content (AvgIpc) is 2.86. The largest absolute Gasteiger partial charge is 0.493 e. The fraction of sp³-hybridized carbons (Fsp3) is 0.538. The minimum Gasteiger partial charge on any atom is -0.493 e. The molecule has 0 amide bonds. The summed E-state index contributed by atoms with van der Waals surface area (Å²) in [7, 11) is 3.32. The normalized spacial score (nSPS) is 23.1. The zero-order valence-corrected chi connectivity index (χ0v) is 13.2. The predicted molar refractivity (Wildman–Crippen MR) is 79.7 cm³/mol. The van der Waals surface area contributed by atoms with Gasteiger partial charge in [-0.25, -0.2) is 0 Å². The second kappa shape index (κ2) is 6.17. The Balaban J connectivity index is 2.28. The molecular weight excluding hydrogens is 314 g/mol. The number of hydrogen-bond donors (Lipinski definition) is 1. The number of hydrogen-bond acceptors (Lipinski definition) is 4. The Hall–Kier alpha value is -0.390. The van der Waals surface area contributed by atoms with E-state index in [2.05, 4.69) is 28.2 Å². The van der Waals surface area contributed by atoms with Crippen LogP contribution in [0, 0.1) is 0 Å². The maximum Gasteiger partial charge on any atom is 0.161 e. The van der Waals surface area contributed by atoms with Crippen molar-refractivity contribution >= 4 is 27.7 Å². The number of ether oxygens (including phenoxy) is 2. The number of thioether (sulfide) groups is 1. The average molecular weight is 332 g/mol. The molecule has 0 aromatic heterocycles. The number of methoxy groups -OCH3 is 2. The summed E-state index contributed by atoms with van der Waals surface area (Å²) in [5.41, 5.74) is 1.22. The number of benzene rings is 1. The SMILES string of the molecule is CCC1CSC(c2cc(OC)c(OC)cc2Br)N1. The first-order valence-corrected chi connectivity index (χ1v) is 7.82. The van der Waals surface area contributed by atoms with E-state index in [1.807, 2.05) is 23.9 Å². The molecule has 1 heterocycles. The van der Waals surface area contributed by atoms with Crippen molar-refractivity contribution in [1.82, 2.24) is 5.32 Å². The summed E-state index contributed by atoms with van der Waals surface area (Å²) in [5, 5.41) is 3.95. The van der Waals surface area contributed by atoms with Crippen LogP contribution in [0.3, 0.4) is 0 Å². The Kier molecular flexibility index (Phi) is 4.81. The lowest BCUT2D eigenvalue weighted by Gasteiger charge is -2.17. The van der Waals surface area contributed by atoms with E-state index in [0.717, 1.165) is 28.1 Å². The number of rotatable bonds is 4. The number of halogens is 1. The highest BCUT2D eigenvalue weighted by molar-refractivity contribution is 9.10. The highest BCUT2D eigenvalue weighted by atomic mass is 79.9. The molecule has 1 fully saturated rings. The van der Waals surface area contributed by atoms with Crippen LogP contribution in [-0.2, 0) is 0 Å². The van der Waals surface area contributed by atoms with Gasteiger partial charge >= 0.3 is 0 Å². The molecule has 18 heavy (non-hydrogen) atoms. The lowest BCUT2D eigenvalue weighted by molar-refractivity contribution is 0.354. The molecule has 2 atom stereocenters. The molecule has 1 aliphatic heterocycles. The summed E-state index contributed by atoms with van der Waals surface area (Å²) in [6.07, 6.45) is 1.16. The first-order valence-electron chi connectivity index (χ1n) is 5.98. The molecule has 100 valence electrons. The third kappa shape index (κ3) is 2.78. The maximum absolute atomic E-state index is 5.36. The van der Waals surface area contributed by atoms with Crippen molar-refractivity contribution in [2.45, 2.75) is 24.8 Å². The van der Waals surface area contributed by atoms with Crippen LogP contribution in [0.4, 0.5) is 0 Å². The Morgan fingerprint density at radius 3 is 2.56 bits per heavy atom. The van der Waals surface area contributed by atoms with Crippen LogP contribution in [-0.4, -0.2) is 26.0 Å². The van der Waals surface area contributed by atoms with Crippen molar-refractivity contribution in [3.05, 3.63) is 22.2 Å². The molecule has 1 N–H and O–H groups in total. The smallest absolute Gasteiger partial charge is 0.161 e. The monoisotopic (exact) mass is 331 g/mol. The van der Waals surface area contributed by atoms with Gasteiger partial charge in [-0.2, -0.15) is 0 Å². The van der Waals surface area contributed by atoms with Crippen LogP contribution in [0.15, 0.2) is 16.6 Å². The summed E-state index contributed by atoms with van der Waals surface area (Å²) in [6.45, 7) is 2.21. The van der Waals surface area contributed by atoms with E-state index in [1.165, 1.54) is 5.56 Å². The van der Waals surface area contributed by atoms with E-state index >= 15 is 0 Å². The Morgan fingerprint density at radius 2 is 2.00 bits per heavy atom. The van der Waals surface area contributed by atoms with E-state index in [0.29, 0.717) is 11.4 Å². The zero-order valence-electron chi connectivity index (χ0n) is 10.8. The molecule has 1 aliphatic rings. The zero-order chi connectivity index (χ0) is 13.1. The lowest BCUT2D eigenvalue weighted by atomic mass is 10.1. The molecular formula is C13H18BrNO2S. The lowest BCUT2D eigenvalue weighted by Crippen LogP contribution is -2.24. The van der Waals surface area contributed by atoms with Gasteiger partial charge in [-0.1, -0.05) is 22.9 Å². The summed E-state index contributed by atoms with van der Waals surface area (Å²) in [6, 6.07) is 4.61. The summed E-state index contributed by atoms with van der Waals surface area (Å²) in [4.78, 5) is 0. The molecule has 1 aromatic carbocycles. The van der Waals surface area contributed by atoms with Gasteiger partial charge in [0, 0.05) is 16.3 Å². The first kappa shape index (κ1) is 14.0. The van der Waals surface area contributed by atoms with Crippen LogP contribution in [0.25, 0.3) is 0 Å². The molecule has 1 aromatic rings. The van der Waals surface area contributed by atoms with Crippen LogP contribution >= 0.6 is 27.7 Å². The topological polar surface area (TPSA) is 30.5 Å². The molecule has 3 nitrogen and oxygen atoms in total. The van der Waals surface area contributed by atoms with Crippen LogP contribution in [0.5, 0.6) is 11.5 Å². The van der Waals surface area contributed by atoms with Crippen molar-refractivity contribution in [2.24, 2.45) is 0 Å². The molecule has 1 saturated heterocycles. The van der Waals surface area contributed by atoms with Crippen molar-refractivity contribution in [3.63, 3.8) is 0 Å². The third-order valence-electron chi connectivity index (χ3n) is 3.13. The standard InChI is InChI=1S/C13H18BrNO2S/c1-4-8-7-18-13(15-8)9-5-11(16-2)12(17-3)6-10(9)14/h5-6,8,13,15H,4,7H2,1-3H3. The highest BCUT2D eigenvalue weighted by Gasteiger charge is 2.26. The first-order chi connectivity index (χ1) is 8.69. The fourth-order valence-electron chi connectivity index (χ4n) is 2.01. The third-order valence-corrected chi connectivity index (χ3v) is 5.13. The van der Waals surface area contributed by atoms with E-state index in [9.17, 15) is 0 Å². The molecule has 2 unspecified atom stereocenters. The van der Waals surface area contributed by atoms with Gasteiger partial charge in [0.25, 0.3) is 0 Å². The second-order valence-electron chi connectivity index (χ2n) is 4.21. The summed E-state index contributed by atoms with van der Waals surface area (Å²) in [5.74, 6) is 2.68. The Labute approximate surface area is 121 Å². The molecule has 0 radical (unpaired) electrons. The van der Waals surface area contributed by atoms with Crippen LogP contribution < -0.4 is 14.8 Å². The summed E-state index contributed by atoms with van der Waals surface area (Å²) < 4.78 is 11.7. The Bertz CT molecular complexity index is 428. The quantitative estimate of drug-likeness (QED) is 0.913. The van der Waals surface area contributed by atoms with Crippen LogP contribution in [0.2, 0.25) is 0 Å². The van der Waals surface area contributed by atoms with Gasteiger partial charge in [0.1, 0.15) is 0 Å². The molecule has 2 rings (SSSR count). The molecule has 5 heteroatoms. The second-order valence-corrected chi connectivity index (χ2v) is 6.21. The van der Waals surface area contributed by atoms with Gasteiger partial charge in [0.15, 0.2) is 11.5 Å². The number of nitrogens with one attached hydrogen (secondary N) is 1. The van der Waals surface area contributed by atoms with Gasteiger partial charge < -0.3 is 9.47 Å². The van der Waals surface area contributed by atoms with E-state index in [4.69, 9.17) is 9.47 Å². The van der Waals surface area contributed by atoms with Gasteiger partial charge in [-0.05, 0) is 24.1 Å². The van der Waals surface area contributed by atoms with Crippen molar-refractivity contribution in [1.29, 1.82) is 0 Å². The van der Waals surface area contributed by atoms with Gasteiger partial charge in [0.2, 0.25) is 0 Å². The fourth-order valence-corrected chi connectivity index (χ4v) is 4.13. The molecule has 0 aliphatic carbocycles. The molecule has 0 spiro atoms. The maximum atomic E-state index is 5.36. The van der Waals surface area contributed by atoms with Gasteiger partial charge in [-0.15, -0.1) is 11.8 Å². The van der Waals surface area contributed by atoms with E-state index in [-0.39, 0.29) is 0 Å². The molecule has 0 saturated carbocycles. The van der Waals surface area contributed by atoms with Gasteiger partial charge in [0.05, 0.1) is 19.6 Å². The van der Waals surface area contributed by atoms with E-state index in [1.54, 1.807) is 14.2 Å². The van der Waals surface area contributed by atoms with Crippen molar-refractivity contribution < 1.29 is 9.47 Å². The highest BCUT2D eigenvalue weighted by Crippen LogP contribution is 2.42. The summed E-state index contributed by atoms with van der Waals surface area (Å²) >= 11 is 5.55. The molecule has 0 bridgehead atoms. The van der Waals surface area contributed by atoms with Gasteiger partial charge in [-0.3, -0.25) is 5.32 Å². The van der Waals surface area contributed by atoms with E-state index < -0.39 is 0 Å². The van der Waals surface area contributed by atoms with Crippen molar-refractivity contribution in [3.8, 4) is 11.5 Å².